The summed E-state index contributed by atoms with van der Waals surface area (Å²) in [5, 5.41) is 0. The van der Waals surface area contributed by atoms with E-state index in [9.17, 15) is 4.79 Å². The van der Waals surface area contributed by atoms with Crippen molar-refractivity contribution in [2.45, 2.75) is 6.92 Å². The molecule has 0 aliphatic carbocycles. The first kappa shape index (κ1) is 18.3. The zero-order valence-electron chi connectivity index (χ0n) is 14.7. The maximum absolute atomic E-state index is 12.2. The third kappa shape index (κ3) is 5.53. The third-order valence-electron chi connectivity index (χ3n) is 3.52. The van der Waals surface area contributed by atoms with Gasteiger partial charge in [-0.1, -0.05) is 30.3 Å². The van der Waals surface area contributed by atoms with Gasteiger partial charge in [0.25, 0.3) is 0 Å². The smallest absolute Gasteiger partial charge is 0.338 e. The highest BCUT2D eigenvalue weighted by Crippen LogP contribution is 2.17. The van der Waals surface area contributed by atoms with Crippen molar-refractivity contribution < 1.29 is 19.0 Å². The van der Waals surface area contributed by atoms with Gasteiger partial charge in [0.05, 0.1) is 26.4 Å². The first-order valence-electron chi connectivity index (χ1n) is 8.01. The van der Waals surface area contributed by atoms with Gasteiger partial charge in [-0.3, -0.25) is 0 Å². The van der Waals surface area contributed by atoms with Crippen LogP contribution in [-0.2, 0) is 9.53 Å². The Balaban J connectivity index is 2.25. The molecule has 2 aromatic carbocycles. The summed E-state index contributed by atoms with van der Waals surface area (Å²) in [7, 11) is 3.24. The van der Waals surface area contributed by atoms with Gasteiger partial charge in [0.2, 0.25) is 0 Å². The molecule has 2 aromatic rings. The SMILES string of the molecule is CCOC(=O)C(=C\c1ccc(OC)cc1)/C=C/c1ccc(OC)cc1. The number of ether oxygens (including phenoxy) is 3. The molecule has 0 fully saturated rings. The predicted molar refractivity (Wildman–Crippen MR) is 99.6 cm³/mol. The van der Waals surface area contributed by atoms with Crippen LogP contribution in [0.4, 0.5) is 0 Å². The number of benzene rings is 2. The molecule has 0 aliphatic heterocycles. The summed E-state index contributed by atoms with van der Waals surface area (Å²) < 4.78 is 15.4. The van der Waals surface area contributed by atoms with Gasteiger partial charge in [-0.25, -0.2) is 4.79 Å². The molecule has 130 valence electrons. The van der Waals surface area contributed by atoms with E-state index >= 15 is 0 Å². The zero-order valence-corrected chi connectivity index (χ0v) is 14.7. The van der Waals surface area contributed by atoms with Gasteiger partial charge < -0.3 is 14.2 Å². The lowest BCUT2D eigenvalue weighted by atomic mass is 10.1. The van der Waals surface area contributed by atoms with Crippen molar-refractivity contribution in [1.29, 1.82) is 0 Å². The second-order valence-electron chi connectivity index (χ2n) is 5.20. The van der Waals surface area contributed by atoms with Crippen LogP contribution in [0.15, 0.2) is 60.2 Å². The van der Waals surface area contributed by atoms with Gasteiger partial charge in [0.15, 0.2) is 0 Å². The molecule has 0 spiro atoms. The lowest BCUT2D eigenvalue weighted by molar-refractivity contribution is -0.138. The summed E-state index contributed by atoms with van der Waals surface area (Å²) in [6.07, 6.45) is 5.41. The van der Waals surface area contributed by atoms with Crippen molar-refractivity contribution >= 4 is 18.1 Å². The van der Waals surface area contributed by atoms with Gasteiger partial charge in [0, 0.05) is 0 Å². The van der Waals surface area contributed by atoms with Crippen LogP contribution in [0, 0.1) is 0 Å². The molecule has 0 radical (unpaired) electrons. The average molecular weight is 338 g/mol. The Kier molecular flexibility index (Phi) is 6.84. The lowest BCUT2D eigenvalue weighted by Crippen LogP contribution is -2.05. The van der Waals surface area contributed by atoms with E-state index in [0.717, 1.165) is 22.6 Å². The molecule has 0 saturated carbocycles. The number of carbonyl (C=O) groups excluding carboxylic acids is 1. The molecule has 0 aromatic heterocycles. The predicted octanol–water partition coefficient (Wildman–Crippen LogP) is 4.36. The number of hydrogen-bond acceptors (Lipinski definition) is 4. The Hall–Kier alpha value is -3.01. The first-order chi connectivity index (χ1) is 12.2. The molecule has 0 atom stereocenters. The topological polar surface area (TPSA) is 44.8 Å². The molecule has 4 heteroatoms. The van der Waals surface area contributed by atoms with Crippen LogP contribution < -0.4 is 9.47 Å². The van der Waals surface area contributed by atoms with Crippen LogP contribution >= 0.6 is 0 Å². The van der Waals surface area contributed by atoms with E-state index in [0.29, 0.717) is 12.2 Å². The molecule has 0 saturated heterocycles. The largest absolute Gasteiger partial charge is 0.497 e. The maximum atomic E-state index is 12.2. The molecule has 0 N–H and O–H groups in total. The quantitative estimate of drug-likeness (QED) is 0.427. The van der Waals surface area contributed by atoms with Crippen molar-refractivity contribution in [3.63, 3.8) is 0 Å². The van der Waals surface area contributed by atoms with E-state index in [2.05, 4.69) is 0 Å². The van der Waals surface area contributed by atoms with E-state index in [4.69, 9.17) is 14.2 Å². The lowest BCUT2D eigenvalue weighted by Gasteiger charge is -2.04. The zero-order chi connectivity index (χ0) is 18.1. The normalized spacial score (nSPS) is 11.4. The summed E-state index contributed by atoms with van der Waals surface area (Å²) in [4.78, 5) is 12.2. The van der Waals surface area contributed by atoms with Crippen LogP contribution in [0.2, 0.25) is 0 Å². The summed E-state index contributed by atoms with van der Waals surface area (Å²) >= 11 is 0. The summed E-state index contributed by atoms with van der Waals surface area (Å²) in [6, 6.07) is 15.1. The molecular formula is C21H22O4. The van der Waals surface area contributed by atoms with E-state index < -0.39 is 0 Å². The van der Waals surface area contributed by atoms with Gasteiger partial charge in [-0.15, -0.1) is 0 Å². The Labute approximate surface area is 148 Å². The monoisotopic (exact) mass is 338 g/mol. The minimum atomic E-state index is -0.358. The number of rotatable bonds is 7. The highest BCUT2D eigenvalue weighted by Gasteiger charge is 2.07. The number of carbonyl (C=O) groups is 1. The summed E-state index contributed by atoms with van der Waals surface area (Å²) in [5.74, 6) is 1.20. The summed E-state index contributed by atoms with van der Waals surface area (Å²) in [6.45, 7) is 2.12. The van der Waals surface area contributed by atoms with Crippen molar-refractivity contribution in [2.24, 2.45) is 0 Å². The van der Waals surface area contributed by atoms with Gasteiger partial charge in [0.1, 0.15) is 11.5 Å². The standard InChI is InChI=1S/C21H22O4/c1-4-25-21(22)18(15-17-8-13-20(24-3)14-9-17)10-5-16-6-11-19(23-2)12-7-16/h5-15H,4H2,1-3H3/b10-5+,18-15-. The van der Waals surface area contributed by atoms with E-state index in [1.807, 2.05) is 54.6 Å². The second kappa shape index (κ2) is 9.33. The van der Waals surface area contributed by atoms with Gasteiger partial charge in [-0.2, -0.15) is 0 Å². The average Bonchev–Trinajstić information content (AvgIpc) is 2.66. The maximum Gasteiger partial charge on any atom is 0.338 e. The van der Waals surface area contributed by atoms with Crippen molar-refractivity contribution in [3.8, 4) is 11.5 Å². The third-order valence-corrected chi connectivity index (χ3v) is 3.52. The molecule has 2 rings (SSSR count). The summed E-state index contributed by atoms with van der Waals surface area (Å²) in [5.41, 5.74) is 2.33. The van der Waals surface area contributed by atoms with E-state index in [-0.39, 0.29) is 5.97 Å². The molecule has 0 unspecified atom stereocenters. The fourth-order valence-electron chi connectivity index (χ4n) is 2.17. The van der Waals surface area contributed by atoms with Crippen LogP contribution in [0.25, 0.3) is 12.2 Å². The fourth-order valence-corrected chi connectivity index (χ4v) is 2.17. The first-order valence-corrected chi connectivity index (χ1v) is 8.01. The van der Waals surface area contributed by atoms with Crippen molar-refractivity contribution in [2.75, 3.05) is 20.8 Å². The Morgan fingerprint density at radius 2 is 1.40 bits per heavy atom. The van der Waals surface area contributed by atoms with Crippen LogP contribution in [0.3, 0.4) is 0 Å². The molecule has 4 nitrogen and oxygen atoms in total. The molecule has 0 aliphatic rings. The highest BCUT2D eigenvalue weighted by molar-refractivity contribution is 5.97. The number of hydrogen-bond donors (Lipinski definition) is 0. The molecule has 0 heterocycles. The van der Waals surface area contributed by atoms with Gasteiger partial charge >= 0.3 is 5.97 Å². The molecule has 0 amide bonds. The highest BCUT2D eigenvalue weighted by atomic mass is 16.5. The van der Waals surface area contributed by atoms with Crippen LogP contribution in [0.1, 0.15) is 18.1 Å². The molecule has 0 bridgehead atoms. The molecule has 25 heavy (non-hydrogen) atoms. The van der Waals surface area contributed by atoms with E-state index in [1.54, 1.807) is 33.3 Å². The number of methoxy groups -OCH3 is 2. The van der Waals surface area contributed by atoms with E-state index in [1.165, 1.54) is 0 Å². The minimum Gasteiger partial charge on any atom is -0.497 e. The Bertz CT molecular complexity index is 740. The Morgan fingerprint density at radius 1 is 0.880 bits per heavy atom. The van der Waals surface area contributed by atoms with Crippen LogP contribution in [0.5, 0.6) is 11.5 Å². The van der Waals surface area contributed by atoms with Gasteiger partial charge in [-0.05, 0) is 54.5 Å². The fraction of sp³-hybridized carbons (Fsp3) is 0.190. The Morgan fingerprint density at radius 3 is 1.88 bits per heavy atom. The second-order valence-corrected chi connectivity index (χ2v) is 5.20. The number of esters is 1. The molecular weight excluding hydrogens is 316 g/mol. The minimum absolute atomic E-state index is 0.329. The van der Waals surface area contributed by atoms with Crippen molar-refractivity contribution in [1.82, 2.24) is 0 Å². The van der Waals surface area contributed by atoms with Crippen LogP contribution in [-0.4, -0.2) is 26.8 Å². The van der Waals surface area contributed by atoms with Crippen molar-refractivity contribution in [3.05, 3.63) is 71.3 Å².